The van der Waals surface area contributed by atoms with E-state index in [1.807, 2.05) is 6.07 Å². The Balaban J connectivity index is 2.34. The molecule has 2 aromatic rings. The SMILES string of the molecule is Cc1cccc(NN(C(=O)O)C(C)C=O)c1C(=O)Nc1ccccc1. The molecule has 0 aliphatic heterocycles. The van der Waals surface area contributed by atoms with Gasteiger partial charge in [0.2, 0.25) is 0 Å². The van der Waals surface area contributed by atoms with Crippen LogP contribution in [0.2, 0.25) is 0 Å². The molecular formula is C18H19N3O4. The first kappa shape index (κ1) is 18.0. The molecule has 7 nitrogen and oxygen atoms in total. The first-order valence-corrected chi connectivity index (χ1v) is 7.64. The number of benzene rings is 2. The first-order valence-electron chi connectivity index (χ1n) is 7.64. The highest BCUT2D eigenvalue weighted by Crippen LogP contribution is 2.22. The van der Waals surface area contributed by atoms with Crippen molar-refractivity contribution in [1.29, 1.82) is 0 Å². The van der Waals surface area contributed by atoms with Crippen molar-refractivity contribution in [3.8, 4) is 0 Å². The molecular weight excluding hydrogens is 322 g/mol. The Hall–Kier alpha value is -3.35. The number of carboxylic acid groups (broad SMARTS) is 1. The summed E-state index contributed by atoms with van der Waals surface area (Å²) >= 11 is 0. The topological polar surface area (TPSA) is 98.7 Å². The zero-order chi connectivity index (χ0) is 18.4. The normalized spacial score (nSPS) is 11.3. The van der Waals surface area contributed by atoms with Gasteiger partial charge < -0.3 is 15.2 Å². The third-order valence-electron chi connectivity index (χ3n) is 3.58. The van der Waals surface area contributed by atoms with Crippen LogP contribution < -0.4 is 10.7 Å². The summed E-state index contributed by atoms with van der Waals surface area (Å²) in [6, 6.07) is 13.0. The third-order valence-corrected chi connectivity index (χ3v) is 3.58. The molecule has 0 saturated heterocycles. The zero-order valence-electron chi connectivity index (χ0n) is 13.9. The van der Waals surface area contributed by atoms with Crippen LogP contribution >= 0.6 is 0 Å². The standard InChI is InChI=1S/C18H19N3O4/c1-12-7-6-10-15(20-21(18(24)25)13(2)11-22)16(12)17(23)19-14-8-4-3-5-9-14/h3-11,13,20H,1-2H3,(H,19,23)(H,24,25). The number of hydrogen-bond acceptors (Lipinski definition) is 4. The van der Waals surface area contributed by atoms with Gasteiger partial charge in [-0.15, -0.1) is 0 Å². The summed E-state index contributed by atoms with van der Waals surface area (Å²) in [6.45, 7) is 3.19. The number of hydrogen-bond donors (Lipinski definition) is 3. The summed E-state index contributed by atoms with van der Waals surface area (Å²) in [5.74, 6) is -0.379. The van der Waals surface area contributed by atoms with Crippen LogP contribution in [-0.2, 0) is 4.79 Å². The second kappa shape index (κ2) is 7.96. The predicted octanol–water partition coefficient (Wildman–Crippen LogP) is 3.14. The maximum Gasteiger partial charge on any atom is 0.426 e. The number of hydrazine groups is 1. The highest BCUT2D eigenvalue weighted by molar-refractivity contribution is 6.09. The van der Waals surface area contributed by atoms with E-state index in [4.69, 9.17) is 0 Å². The first-order chi connectivity index (χ1) is 11.9. The molecule has 0 aromatic heterocycles. The zero-order valence-corrected chi connectivity index (χ0v) is 13.9. The van der Waals surface area contributed by atoms with Crippen molar-refractivity contribution in [1.82, 2.24) is 5.01 Å². The lowest BCUT2D eigenvalue weighted by Crippen LogP contribution is -2.43. The highest BCUT2D eigenvalue weighted by atomic mass is 16.4. The van der Waals surface area contributed by atoms with Gasteiger partial charge in [-0.3, -0.25) is 10.2 Å². The fourth-order valence-corrected chi connectivity index (χ4v) is 2.29. The number of para-hydroxylation sites is 1. The van der Waals surface area contributed by atoms with Crippen LogP contribution in [0, 0.1) is 6.92 Å². The van der Waals surface area contributed by atoms with E-state index in [1.165, 1.54) is 6.92 Å². The summed E-state index contributed by atoms with van der Waals surface area (Å²) in [6.07, 6.45) is -0.823. The van der Waals surface area contributed by atoms with Crippen LogP contribution in [0.1, 0.15) is 22.8 Å². The van der Waals surface area contributed by atoms with Crippen LogP contribution in [0.5, 0.6) is 0 Å². The predicted molar refractivity (Wildman–Crippen MR) is 94.6 cm³/mol. The van der Waals surface area contributed by atoms with E-state index in [0.717, 1.165) is 5.01 Å². The van der Waals surface area contributed by atoms with E-state index in [1.54, 1.807) is 49.4 Å². The minimum absolute atomic E-state index is 0.296. The summed E-state index contributed by atoms with van der Waals surface area (Å²) in [5, 5.41) is 12.8. The van der Waals surface area contributed by atoms with E-state index in [2.05, 4.69) is 10.7 Å². The fraction of sp³-hybridized carbons (Fsp3) is 0.167. The molecule has 3 N–H and O–H groups in total. The summed E-state index contributed by atoms with van der Waals surface area (Å²) in [4.78, 5) is 35.0. The maximum absolute atomic E-state index is 12.7. The largest absolute Gasteiger partial charge is 0.464 e. The molecule has 0 aliphatic carbocycles. The summed E-state index contributed by atoms with van der Waals surface area (Å²) in [7, 11) is 0. The van der Waals surface area contributed by atoms with Crippen molar-refractivity contribution >= 4 is 29.7 Å². The lowest BCUT2D eigenvalue weighted by Gasteiger charge is -2.25. The Kier molecular flexibility index (Phi) is 5.73. The molecule has 0 aliphatic rings. The summed E-state index contributed by atoms with van der Waals surface area (Å²) < 4.78 is 0. The molecule has 25 heavy (non-hydrogen) atoms. The molecule has 2 amide bonds. The number of nitrogens with zero attached hydrogens (tertiary/aromatic N) is 1. The average molecular weight is 341 g/mol. The van der Waals surface area contributed by atoms with Crippen molar-refractivity contribution in [2.75, 3.05) is 10.7 Å². The maximum atomic E-state index is 12.7. The Bertz CT molecular complexity index is 777. The van der Waals surface area contributed by atoms with Gasteiger partial charge in [-0.2, -0.15) is 0 Å². The van der Waals surface area contributed by atoms with Crippen molar-refractivity contribution in [3.63, 3.8) is 0 Å². The quantitative estimate of drug-likeness (QED) is 0.554. The molecule has 1 atom stereocenters. The van der Waals surface area contributed by atoms with Crippen LogP contribution in [-0.4, -0.2) is 34.4 Å². The Morgan fingerprint density at radius 1 is 1.12 bits per heavy atom. The van der Waals surface area contributed by atoms with Crippen LogP contribution in [0.15, 0.2) is 48.5 Å². The number of carbonyl (C=O) groups excluding carboxylic acids is 2. The van der Waals surface area contributed by atoms with Crippen molar-refractivity contribution in [3.05, 3.63) is 59.7 Å². The fourth-order valence-electron chi connectivity index (χ4n) is 2.29. The van der Waals surface area contributed by atoms with Crippen molar-refractivity contribution < 1.29 is 19.5 Å². The number of amides is 2. The molecule has 2 rings (SSSR count). The number of carbonyl (C=O) groups is 3. The second-order valence-corrected chi connectivity index (χ2v) is 5.46. The molecule has 0 spiro atoms. The van der Waals surface area contributed by atoms with Gasteiger partial charge in [0.05, 0.1) is 11.3 Å². The second-order valence-electron chi connectivity index (χ2n) is 5.46. The highest BCUT2D eigenvalue weighted by Gasteiger charge is 2.22. The number of anilines is 2. The number of aryl methyl sites for hydroxylation is 1. The lowest BCUT2D eigenvalue weighted by atomic mass is 10.1. The average Bonchev–Trinajstić information content (AvgIpc) is 2.59. The van der Waals surface area contributed by atoms with Gasteiger partial charge in [-0.1, -0.05) is 30.3 Å². The molecule has 1 unspecified atom stereocenters. The number of rotatable bonds is 6. The Morgan fingerprint density at radius 2 is 1.80 bits per heavy atom. The van der Waals surface area contributed by atoms with Crippen molar-refractivity contribution in [2.45, 2.75) is 19.9 Å². The molecule has 0 heterocycles. The Labute approximate surface area is 145 Å². The van der Waals surface area contributed by atoms with Gasteiger partial charge in [-0.05, 0) is 37.6 Å². The number of aldehydes is 1. The molecule has 130 valence electrons. The Morgan fingerprint density at radius 3 is 2.40 bits per heavy atom. The monoisotopic (exact) mass is 341 g/mol. The van der Waals surface area contributed by atoms with Gasteiger partial charge in [0.15, 0.2) is 0 Å². The molecule has 7 heteroatoms. The van der Waals surface area contributed by atoms with E-state index in [-0.39, 0.29) is 5.91 Å². The van der Waals surface area contributed by atoms with Gasteiger partial charge in [0.1, 0.15) is 12.3 Å². The van der Waals surface area contributed by atoms with Gasteiger partial charge in [0, 0.05) is 5.69 Å². The number of nitrogens with one attached hydrogen (secondary N) is 2. The van der Waals surface area contributed by atoms with E-state index < -0.39 is 12.1 Å². The smallest absolute Gasteiger partial charge is 0.426 e. The van der Waals surface area contributed by atoms with Crippen LogP contribution in [0.4, 0.5) is 16.2 Å². The van der Waals surface area contributed by atoms with Gasteiger partial charge in [-0.25, -0.2) is 9.80 Å². The molecule has 0 radical (unpaired) electrons. The van der Waals surface area contributed by atoms with Crippen LogP contribution in [0.3, 0.4) is 0 Å². The molecule has 2 aromatic carbocycles. The third kappa shape index (κ3) is 4.35. The minimum Gasteiger partial charge on any atom is -0.464 e. The minimum atomic E-state index is -1.32. The van der Waals surface area contributed by atoms with E-state index in [0.29, 0.717) is 28.8 Å². The molecule has 0 saturated carbocycles. The molecule has 0 bridgehead atoms. The van der Waals surface area contributed by atoms with E-state index in [9.17, 15) is 19.5 Å². The van der Waals surface area contributed by atoms with E-state index >= 15 is 0 Å². The van der Waals surface area contributed by atoms with Crippen LogP contribution in [0.25, 0.3) is 0 Å². The van der Waals surface area contributed by atoms with Crippen molar-refractivity contribution in [2.24, 2.45) is 0 Å². The molecule has 0 fully saturated rings. The summed E-state index contributed by atoms with van der Waals surface area (Å²) in [5.41, 5.74) is 4.54. The van der Waals surface area contributed by atoms with Gasteiger partial charge >= 0.3 is 6.09 Å². The van der Waals surface area contributed by atoms with Gasteiger partial charge in [0.25, 0.3) is 5.91 Å². The lowest BCUT2D eigenvalue weighted by molar-refractivity contribution is -0.111.